The van der Waals surface area contributed by atoms with Gasteiger partial charge in [-0.3, -0.25) is 4.68 Å². The van der Waals surface area contributed by atoms with Gasteiger partial charge in [-0.25, -0.2) is 9.59 Å². The normalized spacial score (nSPS) is 21.8. The molecule has 1 aliphatic rings. The van der Waals surface area contributed by atoms with E-state index in [9.17, 15) is 9.59 Å². The Balaban J connectivity index is 2.06. The summed E-state index contributed by atoms with van der Waals surface area (Å²) in [5.41, 5.74) is 5.89. The third-order valence-corrected chi connectivity index (χ3v) is 3.35. The fourth-order valence-corrected chi connectivity index (χ4v) is 2.31. The lowest BCUT2D eigenvalue weighted by Gasteiger charge is -2.24. The number of carbonyl (C=O) groups is 2. The van der Waals surface area contributed by atoms with E-state index in [1.807, 2.05) is 20.8 Å². The van der Waals surface area contributed by atoms with Crippen molar-refractivity contribution in [2.45, 2.75) is 38.5 Å². The summed E-state index contributed by atoms with van der Waals surface area (Å²) in [6.45, 7) is 6.21. The summed E-state index contributed by atoms with van der Waals surface area (Å²) < 4.78 is 11.6. The van der Waals surface area contributed by atoms with Crippen molar-refractivity contribution in [3.63, 3.8) is 0 Å². The van der Waals surface area contributed by atoms with Crippen LogP contribution in [0.5, 0.6) is 0 Å². The molecule has 0 radical (unpaired) electrons. The number of amides is 1. The van der Waals surface area contributed by atoms with Gasteiger partial charge in [-0.15, -0.1) is 0 Å². The first kappa shape index (κ1) is 16.3. The predicted octanol–water partition coefficient (Wildman–Crippen LogP) is 0.789. The summed E-state index contributed by atoms with van der Waals surface area (Å²) in [5.74, 6) is -0.457. The monoisotopic (exact) mass is 310 g/mol. The Morgan fingerprint density at radius 1 is 1.36 bits per heavy atom. The highest BCUT2D eigenvalue weighted by Crippen LogP contribution is 2.22. The van der Waals surface area contributed by atoms with Crippen molar-refractivity contribution in [3.05, 3.63) is 18.0 Å². The minimum absolute atomic E-state index is 0.203. The van der Waals surface area contributed by atoms with E-state index in [1.54, 1.807) is 15.8 Å². The topological polar surface area (TPSA) is 99.7 Å². The first-order valence-electron chi connectivity index (χ1n) is 7.07. The molecule has 2 unspecified atom stereocenters. The molecule has 2 N–H and O–H groups in total. The van der Waals surface area contributed by atoms with Crippen molar-refractivity contribution in [3.8, 4) is 0 Å². The van der Waals surface area contributed by atoms with Crippen LogP contribution in [0.3, 0.4) is 0 Å². The molecule has 1 aromatic heterocycles. The minimum Gasteiger partial charge on any atom is -0.465 e. The highest BCUT2D eigenvalue weighted by atomic mass is 16.6. The highest BCUT2D eigenvalue weighted by molar-refractivity contribution is 5.88. The van der Waals surface area contributed by atoms with Crippen LogP contribution in [0.2, 0.25) is 0 Å². The number of rotatable bonds is 2. The maximum Gasteiger partial charge on any atom is 0.410 e. The SMILES string of the molecule is COC(=O)c1cnn(C2CN(C(=O)OC(C)(C)C)CC2N)c1. The highest BCUT2D eigenvalue weighted by Gasteiger charge is 2.36. The Bertz CT molecular complexity index is 563. The second-order valence-electron chi connectivity index (χ2n) is 6.32. The zero-order valence-corrected chi connectivity index (χ0v) is 13.3. The number of nitrogens with zero attached hydrogens (tertiary/aromatic N) is 3. The lowest BCUT2D eigenvalue weighted by atomic mass is 10.2. The van der Waals surface area contributed by atoms with Crippen LogP contribution in [-0.4, -0.2) is 58.6 Å². The van der Waals surface area contributed by atoms with Crippen LogP contribution in [0.1, 0.15) is 37.2 Å². The van der Waals surface area contributed by atoms with E-state index in [1.165, 1.54) is 13.3 Å². The number of esters is 1. The molecule has 1 aromatic rings. The van der Waals surface area contributed by atoms with Gasteiger partial charge in [-0.05, 0) is 20.8 Å². The van der Waals surface area contributed by atoms with E-state index >= 15 is 0 Å². The summed E-state index contributed by atoms with van der Waals surface area (Å²) in [6.07, 6.45) is 2.61. The van der Waals surface area contributed by atoms with E-state index in [0.29, 0.717) is 18.7 Å². The van der Waals surface area contributed by atoms with Crippen LogP contribution in [-0.2, 0) is 9.47 Å². The molecule has 2 heterocycles. The Hall–Kier alpha value is -2.09. The van der Waals surface area contributed by atoms with Gasteiger partial charge in [0.1, 0.15) is 5.60 Å². The van der Waals surface area contributed by atoms with Crippen LogP contribution >= 0.6 is 0 Å². The van der Waals surface area contributed by atoms with Crippen LogP contribution < -0.4 is 5.73 Å². The van der Waals surface area contributed by atoms with Gasteiger partial charge in [0.25, 0.3) is 0 Å². The number of nitrogens with two attached hydrogens (primary N) is 1. The summed E-state index contributed by atoms with van der Waals surface area (Å²) >= 11 is 0. The van der Waals surface area contributed by atoms with Gasteiger partial charge in [-0.1, -0.05) is 0 Å². The maximum absolute atomic E-state index is 12.1. The molecule has 1 aliphatic heterocycles. The number of ether oxygens (including phenoxy) is 2. The lowest BCUT2D eigenvalue weighted by Crippen LogP contribution is -2.36. The second-order valence-corrected chi connectivity index (χ2v) is 6.32. The summed E-state index contributed by atoms with van der Waals surface area (Å²) in [6, 6.07) is -0.483. The Morgan fingerprint density at radius 3 is 2.64 bits per heavy atom. The van der Waals surface area contributed by atoms with Crippen molar-refractivity contribution < 1.29 is 19.1 Å². The van der Waals surface area contributed by atoms with Gasteiger partial charge in [0.05, 0.1) is 24.9 Å². The van der Waals surface area contributed by atoms with E-state index in [2.05, 4.69) is 9.84 Å². The molecule has 1 fully saturated rings. The van der Waals surface area contributed by atoms with Gasteiger partial charge in [0, 0.05) is 25.3 Å². The molecule has 0 bridgehead atoms. The van der Waals surface area contributed by atoms with Crippen LogP contribution in [0, 0.1) is 0 Å². The van der Waals surface area contributed by atoms with Crippen LogP contribution in [0.4, 0.5) is 4.79 Å². The van der Waals surface area contributed by atoms with Crippen molar-refractivity contribution in [1.82, 2.24) is 14.7 Å². The average Bonchev–Trinajstić information content (AvgIpc) is 3.02. The third kappa shape index (κ3) is 3.56. The zero-order valence-electron chi connectivity index (χ0n) is 13.3. The second kappa shape index (κ2) is 5.96. The Kier molecular flexibility index (Phi) is 4.41. The fourth-order valence-electron chi connectivity index (χ4n) is 2.31. The van der Waals surface area contributed by atoms with E-state index in [-0.39, 0.29) is 12.1 Å². The molecule has 22 heavy (non-hydrogen) atoms. The quantitative estimate of drug-likeness (QED) is 0.811. The van der Waals surface area contributed by atoms with Crippen molar-refractivity contribution in [2.24, 2.45) is 5.73 Å². The predicted molar refractivity (Wildman–Crippen MR) is 78.4 cm³/mol. The standard InChI is InChI=1S/C14H22N4O4/c1-14(2,3)22-13(20)17-7-10(15)11(8-17)18-6-9(5-16-18)12(19)21-4/h5-6,10-11H,7-8,15H2,1-4H3. The summed E-state index contributed by atoms with van der Waals surface area (Å²) in [7, 11) is 1.31. The average molecular weight is 310 g/mol. The molecule has 0 aliphatic carbocycles. The molecule has 1 saturated heterocycles. The molecule has 0 aromatic carbocycles. The molecule has 2 atom stereocenters. The molecule has 8 nitrogen and oxygen atoms in total. The number of aromatic nitrogens is 2. The molecule has 0 saturated carbocycles. The van der Waals surface area contributed by atoms with E-state index < -0.39 is 17.7 Å². The number of hydrogen-bond acceptors (Lipinski definition) is 6. The Labute approximate surface area is 129 Å². The van der Waals surface area contributed by atoms with Crippen molar-refractivity contribution >= 4 is 12.1 Å². The van der Waals surface area contributed by atoms with E-state index in [4.69, 9.17) is 10.5 Å². The minimum atomic E-state index is -0.553. The molecular formula is C14H22N4O4. The Morgan fingerprint density at radius 2 is 2.05 bits per heavy atom. The van der Waals surface area contributed by atoms with Gasteiger partial charge >= 0.3 is 12.1 Å². The maximum atomic E-state index is 12.1. The molecule has 8 heteroatoms. The molecular weight excluding hydrogens is 288 g/mol. The molecule has 1 amide bonds. The van der Waals surface area contributed by atoms with Crippen molar-refractivity contribution in [2.75, 3.05) is 20.2 Å². The van der Waals surface area contributed by atoms with Gasteiger partial charge in [-0.2, -0.15) is 5.10 Å². The molecule has 0 spiro atoms. The van der Waals surface area contributed by atoms with Crippen LogP contribution in [0.25, 0.3) is 0 Å². The van der Waals surface area contributed by atoms with Gasteiger partial charge < -0.3 is 20.1 Å². The van der Waals surface area contributed by atoms with Gasteiger partial charge in [0.2, 0.25) is 0 Å². The first-order chi connectivity index (χ1) is 10.2. The first-order valence-corrected chi connectivity index (χ1v) is 7.07. The smallest absolute Gasteiger partial charge is 0.410 e. The number of likely N-dealkylation sites (tertiary alicyclic amines) is 1. The number of carbonyl (C=O) groups excluding carboxylic acids is 2. The summed E-state index contributed by atoms with van der Waals surface area (Å²) in [5, 5.41) is 4.14. The third-order valence-electron chi connectivity index (χ3n) is 3.35. The van der Waals surface area contributed by atoms with E-state index in [0.717, 1.165) is 0 Å². The number of hydrogen-bond donors (Lipinski definition) is 1. The lowest BCUT2D eigenvalue weighted by molar-refractivity contribution is 0.0286. The fraction of sp³-hybridized carbons (Fsp3) is 0.643. The van der Waals surface area contributed by atoms with Crippen molar-refractivity contribution in [1.29, 1.82) is 0 Å². The van der Waals surface area contributed by atoms with Gasteiger partial charge in [0.15, 0.2) is 0 Å². The van der Waals surface area contributed by atoms with Crippen LogP contribution in [0.15, 0.2) is 12.4 Å². The molecule has 122 valence electrons. The zero-order chi connectivity index (χ0) is 16.5. The largest absolute Gasteiger partial charge is 0.465 e. The summed E-state index contributed by atoms with van der Waals surface area (Å²) in [4.78, 5) is 25.1. The molecule has 2 rings (SSSR count). The number of methoxy groups -OCH3 is 1.